The van der Waals surface area contributed by atoms with Crippen molar-refractivity contribution in [2.24, 2.45) is 0 Å². The highest BCUT2D eigenvalue weighted by Gasteiger charge is 2.33. The summed E-state index contributed by atoms with van der Waals surface area (Å²) < 4.78 is 48.8. The topological polar surface area (TPSA) is 68.6 Å². The Hall–Kier alpha value is -3.07. The van der Waals surface area contributed by atoms with Gasteiger partial charge in [-0.25, -0.2) is 13.2 Å². The van der Waals surface area contributed by atoms with Crippen molar-refractivity contribution in [3.8, 4) is 17.1 Å². The molecule has 0 aliphatic carbocycles. The van der Waals surface area contributed by atoms with Crippen molar-refractivity contribution < 1.29 is 17.9 Å². The van der Waals surface area contributed by atoms with Gasteiger partial charge >= 0.3 is 0 Å². The number of rotatable bonds is 5. The van der Waals surface area contributed by atoms with Crippen LogP contribution in [0.25, 0.3) is 22.3 Å². The molecule has 0 bridgehead atoms. The minimum absolute atomic E-state index is 0.349. The summed E-state index contributed by atoms with van der Waals surface area (Å²) in [5.41, 5.74) is 0.178. The Kier molecular flexibility index (Phi) is 4.93. The third-order valence-corrected chi connectivity index (χ3v) is 4.98. The summed E-state index contributed by atoms with van der Waals surface area (Å²) in [6.07, 6.45) is 0. The molecule has 156 valence electrons. The van der Waals surface area contributed by atoms with Gasteiger partial charge in [0.15, 0.2) is 34.6 Å². The lowest BCUT2D eigenvalue weighted by molar-refractivity contribution is 0.0824. The number of hydrogen-bond acceptors (Lipinski definition) is 4. The first-order valence-corrected chi connectivity index (χ1v) is 9.50. The lowest BCUT2D eigenvalue weighted by Crippen LogP contribution is -2.30. The molecule has 0 unspecified atom stereocenters. The van der Waals surface area contributed by atoms with Gasteiger partial charge in [0.1, 0.15) is 11.0 Å². The lowest BCUT2D eigenvalue weighted by atomic mass is 10.1. The summed E-state index contributed by atoms with van der Waals surface area (Å²) in [7, 11) is 0. The minimum atomic E-state index is -1.27. The van der Waals surface area contributed by atoms with Crippen LogP contribution in [0.1, 0.15) is 26.6 Å². The Balaban J connectivity index is 1.76. The van der Waals surface area contributed by atoms with Gasteiger partial charge in [0.2, 0.25) is 0 Å². The zero-order chi connectivity index (χ0) is 21.6. The van der Waals surface area contributed by atoms with E-state index in [-0.39, 0.29) is 0 Å². The first-order valence-electron chi connectivity index (χ1n) is 9.12. The van der Waals surface area contributed by atoms with Crippen LogP contribution in [0.2, 0.25) is 5.15 Å². The first-order chi connectivity index (χ1) is 14.2. The molecular weight excluding hydrogens is 419 g/mol. The van der Waals surface area contributed by atoms with Crippen LogP contribution >= 0.6 is 11.6 Å². The van der Waals surface area contributed by atoms with Crippen molar-refractivity contribution in [1.82, 2.24) is 25.0 Å². The average molecular weight is 436 g/mol. The maximum Gasteiger partial charge on any atom is 0.192 e. The molecule has 2 aromatic carbocycles. The number of H-pyrrole nitrogens is 1. The molecule has 2 heterocycles. The molecule has 6 nitrogen and oxygen atoms in total. The highest BCUT2D eigenvalue weighted by atomic mass is 35.5. The van der Waals surface area contributed by atoms with Gasteiger partial charge in [0, 0.05) is 29.6 Å². The summed E-state index contributed by atoms with van der Waals surface area (Å²) in [6, 6.07) is 6.58. The average Bonchev–Trinajstić information content (AvgIpc) is 3.28. The summed E-state index contributed by atoms with van der Waals surface area (Å²) in [6.45, 7) is 5.56. The summed E-state index contributed by atoms with van der Waals surface area (Å²) >= 11 is 6.14. The van der Waals surface area contributed by atoms with Crippen LogP contribution < -0.4 is 4.74 Å². The number of nitrogens with zero attached hydrogens (tertiary/aromatic N) is 4. The van der Waals surface area contributed by atoms with E-state index in [9.17, 15) is 13.2 Å². The van der Waals surface area contributed by atoms with Gasteiger partial charge in [0.05, 0.1) is 5.52 Å². The third kappa shape index (κ3) is 3.39. The fourth-order valence-corrected chi connectivity index (χ4v) is 3.50. The number of nitrogens with one attached hydrogen (secondary N) is 1. The van der Waals surface area contributed by atoms with Gasteiger partial charge in [-0.15, -0.1) is 10.2 Å². The molecule has 0 aliphatic heterocycles. The molecule has 0 radical (unpaired) electrons. The van der Waals surface area contributed by atoms with Crippen LogP contribution in [0.5, 0.6) is 5.75 Å². The lowest BCUT2D eigenvalue weighted by Gasteiger charge is -2.26. The third-order valence-electron chi connectivity index (χ3n) is 4.69. The predicted molar refractivity (Wildman–Crippen MR) is 106 cm³/mol. The fourth-order valence-electron chi connectivity index (χ4n) is 3.31. The van der Waals surface area contributed by atoms with Crippen molar-refractivity contribution >= 4 is 22.5 Å². The number of aromatic amines is 1. The number of ether oxygens (including phenoxy) is 1. The second kappa shape index (κ2) is 7.32. The van der Waals surface area contributed by atoms with Crippen LogP contribution in [-0.2, 0) is 12.1 Å². The summed E-state index contributed by atoms with van der Waals surface area (Å²) in [5.74, 6) is -3.10. The normalized spacial score (nSPS) is 12.0. The Morgan fingerprint density at radius 1 is 1.10 bits per heavy atom. The van der Waals surface area contributed by atoms with E-state index in [2.05, 4.69) is 20.4 Å². The number of halogens is 4. The largest absolute Gasteiger partial charge is 0.474 e. The van der Waals surface area contributed by atoms with Gasteiger partial charge in [-0.05, 0) is 39.0 Å². The Morgan fingerprint density at radius 2 is 1.80 bits per heavy atom. The van der Waals surface area contributed by atoms with Crippen LogP contribution in [0.15, 0.2) is 30.3 Å². The molecule has 2 aromatic heterocycles. The van der Waals surface area contributed by atoms with Gasteiger partial charge in [0.25, 0.3) is 0 Å². The van der Waals surface area contributed by atoms with E-state index in [0.29, 0.717) is 41.0 Å². The first kappa shape index (κ1) is 20.2. The molecule has 1 N–H and O–H groups in total. The Labute approximate surface area is 174 Å². The van der Waals surface area contributed by atoms with E-state index in [1.807, 2.05) is 19.1 Å². The van der Waals surface area contributed by atoms with Crippen molar-refractivity contribution in [1.29, 1.82) is 0 Å². The molecule has 0 saturated carbocycles. The van der Waals surface area contributed by atoms with Gasteiger partial charge in [-0.2, -0.15) is 5.10 Å². The molecule has 4 rings (SSSR count). The van der Waals surface area contributed by atoms with Crippen molar-refractivity contribution in [3.63, 3.8) is 0 Å². The molecule has 10 heteroatoms. The second-order valence-electron chi connectivity index (χ2n) is 7.17. The Bertz CT molecular complexity index is 1230. The van der Waals surface area contributed by atoms with Gasteiger partial charge < -0.3 is 9.30 Å². The highest BCUT2D eigenvalue weighted by molar-refractivity contribution is 6.34. The molecule has 4 aromatic rings. The number of hydrogen-bond donors (Lipinski definition) is 1. The fraction of sp³-hybridized carbons (Fsp3) is 0.250. The molecule has 0 amide bonds. The predicted octanol–water partition coefficient (Wildman–Crippen LogP) is 5.23. The van der Waals surface area contributed by atoms with Crippen LogP contribution in [0.3, 0.4) is 0 Å². The molecule has 0 saturated heterocycles. The number of benzene rings is 2. The standard InChI is InChI=1S/C20H17ClF3N5O/c1-4-29-18(10-5-6-15-12(7-10)17(21)26-25-15)27-28-19(29)20(2,3)30-16-13(23)8-11(22)9-14(16)24/h5-9H,4H2,1-3H3,(H,25,26). The summed E-state index contributed by atoms with van der Waals surface area (Å²) in [4.78, 5) is 0. The maximum absolute atomic E-state index is 14.1. The van der Waals surface area contributed by atoms with Gasteiger partial charge in [-0.3, -0.25) is 5.10 Å². The van der Waals surface area contributed by atoms with Crippen LogP contribution in [0.4, 0.5) is 13.2 Å². The van der Waals surface area contributed by atoms with E-state index in [0.717, 1.165) is 10.9 Å². The zero-order valence-corrected chi connectivity index (χ0v) is 17.1. The second-order valence-corrected chi connectivity index (χ2v) is 7.55. The molecule has 0 aliphatic rings. The quantitative estimate of drug-likeness (QED) is 0.466. The van der Waals surface area contributed by atoms with Crippen molar-refractivity contribution in [2.45, 2.75) is 32.9 Å². The molecule has 0 fully saturated rings. The van der Waals surface area contributed by atoms with E-state index in [1.165, 1.54) is 0 Å². The van der Waals surface area contributed by atoms with Crippen LogP contribution in [0, 0.1) is 17.5 Å². The van der Waals surface area contributed by atoms with Crippen LogP contribution in [-0.4, -0.2) is 25.0 Å². The van der Waals surface area contributed by atoms with E-state index < -0.39 is 28.8 Å². The molecule has 30 heavy (non-hydrogen) atoms. The maximum atomic E-state index is 14.1. The van der Waals surface area contributed by atoms with Crippen molar-refractivity contribution in [3.05, 3.63) is 58.8 Å². The SMILES string of the molecule is CCn1c(-c2ccc3n[nH]c(Cl)c3c2)nnc1C(C)(C)Oc1c(F)cc(F)cc1F. The Morgan fingerprint density at radius 3 is 2.47 bits per heavy atom. The zero-order valence-electron chi connectivity index (χ0n) is 16.3. The van der Waals surface area contributed by atoms with Crippen molar-refractivity contribution in [2.75, 3.05) is 0 Å². The molecule has 0 spiro atoms. The van der Waals surface area contributed by atoms with Gasteiger partial charge in [-0.1, -0.05) is 11.6 Å². The van der Waals surface area contributed by atoms with E-state index >= 15 is 0 Å². The molecular formula is C20H17ClF3N5O. The van der Waals surface area contributed by atoms with E-state index in [1.54, 1.807) is 24.5 Å². The smallest absolute Gasteiger partial charge is 0.192 e. The monoisotopic (exact) mass is 435 g/mol. The minimum Gasteiger partial charge on any atom is -0.474 e. The van der Waals surface area contributed by atoms with E-state index in [4.69, 9.17) is 16.3 Å². The highest BCUT2D eigenvalue weighted by Crippen LogP contribution is 2.33. The number of fused-ring (bicyclic) bond motifs is 1. The summed E-state index contributed by atoms with van der Waals surface area (Å²) in [5, 5.41) is 16.4. The molecule has 0 atom stereocenters. The number of aromatic nitrogens is 5.